The number of nitrogens with two attached hydrogens (primary N) is 3. The highest BCUT2D eigenvalue weighted by atomic mass is 16.2. The molecule has 1 aliphatic carbocycles. The van der Waals surface area contributed by atoms with E-state index in [9.17, 15) is 9.59 Å². The Morgan fingerprint density at radius 2 is 1.68 bits per heavy atom. The monoisotopic (exact) mass is 347 g/mol. The second-order valence-corrected chi connectivity index (χ2v) is 7.80. The molecule has 5 nitrogen and oxygen atoms in total. The van der Waals surface area contributed by atoms with Gasteiger partial charge in [0.25, 0.3) is 0 Å². The average Bonchev–Trinajstić information content (AvgIpc) is 2.69. The number of ketones is 2. The number of hydrogen-bond acceptors (Lipinski definition) is 5. The molecule has 0 radical (unpaired) electrons. The van der Waals surface area contributed by atoms with E-state index in [0.29, 0.717) is 12.8 Å². The largest absolute Gasteiger partial charge is 0.400 e. The van der Waals surface area contributed by atoms with Gasteiger partial charge in [0.15, 0.2) is 11.6 Å². The quantitative estimate of drug-likeness (QED) is 0.483. The predicted molar refractivity (Wildman–Crippen MR) is 103 cm³/mol. The third-order valence-corrected chi connectivity index (χ3v) is 4.80. The number of carbonyl (C=O) groups is 2. The van der Waals surface area contributed by atoms with Crippen molar-refractivity contribution in [3.8, 4) is 0 Å². The molecule has 0 saturated carbocycles. The van der Waals surface area contributed by atoms with Crippen molar-refractivity contribution in [2.75, 3.05) is 0 Å². The molecule has 0 spiro atoms. The number of allylic oxidation sites excluding steroid dienone is 4. The molecule has 5 heteroatoms. The van der Waals surface area contributed by atoms with Crippen LogP contribution in [-0.2, 0) is 9.59 Å². The molecular weight excluding hydrogens is 314 g/mol. The topological polar surface area (TPSA) is 112 Å². The summed E-state index contributed by atoms with van der Waals surface area (Å²) in [6, 6.07) is -0.542. The molecule has 1 unspecified atom stereocenters. The van der Waals surface area contributed by atoms with Gasteiger partial charge in [0, 0.05) is 17.7 Å². The molecule has 1 rings (SSSR count). The molecule has 0 aromatic carbocycles. The van der Waals surface area contributed by atoms with Gasteiger partial charge in [0.1, 0.15) is 0 Å². The molecule has 0 bridgehead atoms. The van der Waals surface area contributed by atoms with Crippen LogP contribution in [0.15, 0.2) is 34.6 Å². The molecule has 6 N–H and O–H groups in total. The summed E-state index contributed by atoms with van der Waals surface area (Å²) in [5.41, 5.74) is 20.5. The summed E-state index contributed by atoms with van der Waals surface area (Å²) in [6.07, 6.45) is 4.86. The molecule has 0 amide bonds. The Balaban J connectivity index is 3.42. The molecule has 1 aliphatic rings. The van der Waals surface area contributed by atoms with E-state index >= 15 is 0 Å². The Kier molecular flexibility index (Phi) is 6.91. The number of Topliss-reactive ketones (excluding diaryl/α,β-unsaturated/α-hetero) is 2. The Hall–Kier alpha value is -1.72. The molecule has 0 aliphatic heterocycles. The van der Waals surface area contributed by atoms with E-state index in [0.717, 1.165) is 11.1 Å². The van der Waals surface area contributed by atoms with Crippen molar-refractivity contribution >= 4 is 11.6 Å². The SMILES string of the molecule is CC(C)=CCC1C(=O)C(C(=O)C(C)C)=C(N)[C@]1(N)[C@@H](N)CC=C(C)C. The molecule has 0 fully saturated rings. The van der Waals surface area contributed by atoms with Crippen LogP contribution in [0.25, 0.3) is 0 Å². The Labute approximate surface area is 151 Å². The van der Waals surface area contributed by atoms with Crippen LogP contribution in [0.3, 0.4) is 0 Å². The zero-order valence-corrected chi connectivity index (χ0v) is 16.3. The van der Waals surface area contributed by atoms with Crippen LogP contribution in [0.4, 0.5) is 0 Å². The van der Waals surface area contributed by atoms with Crippen LogP contribution in [0, 0.1) is 11.8 Å². The van der Waals surface area contributed by atoms with E-state index < -0.39 is 17.5 Å². The standard InChI is InChI=1S/C20H33N3O2/c1-11(2)7-9-14-18(25)16(17(24)13(5)6)19(22)20(14,23)15(21)10-8-12(3)4/h7-8,13-15H,9-10,21-23H2,1-6H3/t14?,15-,20+/m0/s1. The second-order valence-electron chi connectivity index (χ2n) is 7.80. The first-order valence-electron chi connectivity index (χ1n) is 8.84. The molecule has 0 saturated heterocycles. The highest BCUT2D eigenvalue weighted by Gasteiger charge is 2.54. The zero-order valence-electron chi connectivity index (χ0n) is 16.3. The van der Waals surface area contributed by atoms with E-state index in [1.165, 1.54) is 0 Å². The summed E-state index contributed by atoms with van der Waals surface area (Å²) in [5.74, 6) is -1.46. The third kappa shape index (κ3) is 4.28. The first-order chi connectivity index (χ1) is 11.4. The van der Waals surface area contributed by atoms with Crippen molar-refractivity contribution in [3.05, 3.63) is 34.6 Å². The number of carbonyl (C=O) groups excluding carboxylic acids is 2. The molecular formula is C20H33N3O2. The van der Waals surface area contributed by atoms with Gasteiger partial charge in [0.2, 0.25) is 0 Å². The van der Waals surface area contributed by atoms with Gasteiger partial charge in [-0.05, 0) is 40.5 Å². The van der Waals surface area contributed by atoms with Crippen molar-refractivity contribution in [2.45, 2.75) is 66.0 Å². The summed E-state index contributed by atoms with van der Waals surface area (Å²) in [7, 11) is 0. The fraction of sp³-hybridized carbons (Fsp3) is 0.600. The lowest BCUT2D eigenvalue weighted by Crippen LogP contribution is -2.61. The molecule has 0 aromatic rings. The zero-order chi connectivity index (χ0) is 19.5. The van der Waals surface area contributed by atoms with Gasteiger partial charge < -0.3 is 17.2 Å². The van der Waals surface area contributed by atoms with Gasteiger partial charge in [-0.1, -0.05) is 37.1 Å². The van der Waals surface area contributed by atoms with Crippen molar-refractivity contribution in [3.63, 3.8) is 0 Å². The smallest absolute Gasteiger partial charge is 0.173 e. The van der Waals surface area contributed by atoms with Crippen LogP contribution in [0.1, 0.15) is 54.4 Å². The normalized spacial score (nSPS) is 24.5. The van der Waals surface area contributed by atoms with Gasteiger partial charge in [-0.25, -0.2) is 0 Å². The van der Waals surface area contributed by atoms with E-state index in [1.807, 2.05) is 39.8 Å². The Bertz CT molecular complexity index is 635. The number of rotatable bonds is 7. The molecule has 0 aromatic heterocycles. The Morgan fingerprint density at radius 1 is 1.16 bits per heavy atom. The summed E-state index contributed by atoms with van der Waals surface area (Å²) >= 11 is 0. The van der Waals surface area contributed by atoms with Crippen LogP contribution in [0.2, 0.25) is 0 Å². The predicted octanol–water partition coefficient (Wildman–Crippen LogP) is 2.36. The summed E-state index contributed by atoms with van der Waals surface area (Å²) in [4.78, 5) is 25.5. The van der Waals surface area contributed by atoms with Gasteiger partial charge in [-0.3, -0.25) is 9.59 Å². The fourth-order valence-electron chi connectivity index (χ4n) is 3.14. The van der Waals surface area contributed by atoms with Gasteiger partial charge >= 0.3 is 0 Å². The van der Waals surface area contributed by atoms with Crippen molar-refractivity contribution < 1.29 is 9.59 Å². The van der Waals surface area contributed by atoms with Gasteiger partial charge in [-0.15, -0.1) is 0 Å². The average molecular weight is 348 g/mol. The fourth-order valence-corrected chi connectivity index (χ4v) is 3.14. The van der Waals surface area contributed by atoms with Crippen molar-refractivity contribution in [2.24, 2.45) is 29.0 Å². The van der Waals surface area contributed by atoms with E-state index in [1.54, 1.807) is 13.8 Å². The Morgan fingerprint density at radius 3 is 2.12 bits per heavy atom. The lowest BCUT2D eigenvalue weighted by Gasteiger charge is -2.37. The minimum atomic E-state index is -1.21. The van der Waals surface area contributed by atoms with Crippen LogP contribution in [0.5, 0.6) is 0 Å². The molecule has 0 heterocycles. The van der Waals surface area contributed by atoms with Crippen LogP contribution >= 0.6 is 0 Å². The highest BCUT2D eigenvalue weighted by molar-refractivity contribution is 6.24. The van der Waals surface area contributed by atoms with Crippen LogP contribution < -0.4 is 17.2 Å². The van der Waals surface area contributed by atoms with E-state index in [-0.39, 0.29) is 28.8 Å². The molecule has 140 valence electrons. The second kappa shape index (κ2) is 8.11. The maximum Gasteiger partial charge on any atom is 0.173 e. The van der Waals surface area contributed by atoms with Crippen molar-refractivity contribution in [1.29, 1.82) is 0 Å². The molecule has 25 heavy (non-hydrogen) atoms. The summed E-state index contributed by atoms with van der Waals surface area (Å²) in [5, 5.41) is 0. The number of hydrogen-bond donors (Lipinski definition) is 3. The highest BCUT2D eigenvalue weighted by Crippen LogP contribution is 2.40. The molecule has 3 atom stereocenters. The minimum absolute atomic E-state index is 0.0531. The first-order valence-corrected chi connectivity index (χ1v) is 8.84. The third-order valence-electron chi connectivity index (χ3n) is 4.80. The minimum Gasteiger partial charge on any atom is -0.400 e. The maximum absolute atomic E-state index is 13.0. The van der Waals surface area contributed by atoms with E-state index in [4.69, 9.17) is 17.2 Å². The van der Waals surface area contributed by atoms with Crippen molar-refractivity contribution in [1.82, 2.24) is 0 Å². The summed E-state index contributed by atoms with van der Waals surface area (Å²) in [6.45, 7) is 11.4. The lowest BCUT2D eigenvalue weighted by atomic mass is 9.76. The maximum atomic E-state index is 13.0. The summed E-state index contributed by atoms with van der Waals surface area (Å²) < 4.78 is 0. The van der Waals surface area contributed by atoms with Gasteiger partial charge in [0.05, 0.1) is 17.0 Å². The van der Waals surface area contributed by atoms with E-state index in [2.05, 4.69) is 0 Å². The first kappa shape index (κ1) is 21.3. The lowest BCUT2D eigenvalue weighted by molar-refractivity contribution is -0.124. The van der Waals surface area contributed by atoms with Crippen LogP contribution in [-0.4, -0.2) is 23.1 Å². The van der Waals surface area contributed by atoms with Gasteiger partial charge in [-0.2, -0.15) is 0 Å².